The number of nitrogens with one attached hydrogen (secondary N) is 3. The number of carbonyl (C=O) groups is 1. The fraction of sp³-hybridized carbons (Fsp3) is 0.333. The summed E-state index contributed by atoms with van der Waals surface area (Å²) in [7, 11) is 4.97. The fourth-order valence-electron chi connectivity index (χ4n) is 5.99. The third-order valence-electron chi connectivity index (χ3n) is 8.85. The zero-order valence-corrected chi connectivity index (χ0v) is 29.4. The molecule has 1 unspecified atom stereocenters. The van der Waals surface area contributed by atoms with Crippen molar-refractivity contribution in [2.24, 2.45) is 7.05 Å². The predicted molar refractivity (Wildman–Crippen MR) is 192 cm³/mol. The van der Waals surface area contributed by atoms with Gasteiger partial charge in [0.05, 0.1) is 35.5 Å². The summed E-state index contributed by atoms with van der Waals surface area (Å²) in [5, 5.41) is 15.3. The molecule has 2 atom stereocenters. The Labute approximate surface area is 294 Å². The summed E-state index contributed by atoms with van der Waals surface area (Å²) in [5.74, 6) is 1.18. The van der Waals surface area contributed by atoms with Crippen molar-refractivity contribution in [3.8, 4) is 39.4 Å². The number of carbonyl (C=O) groups excluding carboxylic acids is 1. The summed E-state index contributed by atoms with van der Waals surface area (Å²) in [6.45, 7) is 4.22. The number of rotatable bonds is 13. The van der Waals surface area contributed by atoms with Crippen LogP contribution in [0.3, 0.4) is 0 Å². The Morgan fingerprint density at radius 2 is 1.69 bits per heavy atom. The van der Waals surface area contributed by atoms with E-state index in [1.54, 1.807) is 36.4 Å². The standard InChI is InChI=1S/C36H39Cl2N7O4/c1-21(48-3)16-39-19-31-43-45-20-23(15-30(45)36(47)44(31)2)25-7-5-8-26(33(25)37)27-9-6-10-28(34(27)38)29-13-11-22(35(42-29)49-4)17-40-18-24-12-14-32(46)41-24/h5-11,13,15,20-21,24,39-40H,12,14,16-19H2,1-4H3,(H,41,46)/t21?,24-/m1/s1. The van der Waals surface area contributed by atoms with Gasteiger partial charge in [0.1, 0.15) is 11.3 Å². The topological polar surface area (TPSA) is 124 Å². The SMILES string of the molecule is COc1nc(-c2cccc(-c3cccc(-c4cc5c(=O)n(C)c(CNCC(C)OC)nn5c4)c3Cl)c2Cl)ccc1CNC[C@H]1CCC(=O)N1. The third kappa shape index (κ3) is 7.36. The van der Waals surface area contributed by atoms with E-state index in [1.165, 1.54) is 0 Å². The van der Waals surface area contributed by atoms with Gasteiger partial charge in [0.2, 0.25) is 11.8 Å². The van der Waals surface area contributed by atoms with Gasteiger partial charge in [-0.1, -0.05) is 65.7 Å². The monoisotopic (exact) mass is 703 g/mol. The molecule has 0 aliphatic carbocycles. The smallest absolute Gasteiger partial charge is 0.277 e. The maximum atomic E-state index is 13.3. The second-order valence-electron chi connectivity index (χ2n) is 12.1. The number of nitrogens with zero attached hydrogens (tertiary/aromatic N) is 4. The molecule has 1 aliphatic rings. The Balaban J connectivity index is 1.27. The van der Waals surface area contributed by atoms with Crippen molar-refractivity contribution in [3.05, 3.63) is 92.6 Å². The van der Waals surface area contributed by atoms with Crippen molar-refractivity contribution in [1.82, 2.24) is 35.1 Å². The molecule has 6 rings (SSSR count). The molecule has 11 nitrogen and oxygen atoms in total. The lowest BCUT2D eigenvalue weighted by atomic mass is 9.97. The van der Waals surface area contributed by atoms with E-state index < -0.39 is 0 Å². The Morgan fingerprint density at radius 3 is 2.39 bits per heavy atom. The van der Waals surface area contributed by atoms with Gasteiger partial charge in [0.25, 0.3) is 5.56 Å². The molecular weight excluding hydrogens is 665 g/mol. The van der Waals surface area contributed by atoms with Crippen LogP contribution in [-0.4, -0.2) is 64.5 Å². The minimum absolute atomic E-state index is 0.0363. The zero-order chi connectivity index (χ0) is 34.7. The van der Waals surface area contributed by atoms with Gasteiger partial charge < -0.3 is 25.4 Å². The number of fused-ring (bicyclic) bond motifs is 1. The van der Waals surface area contributed by atoms with Crippen LogP contribution >= 0.6 is 23.2 Å². The van der Waals surface area contributed by atoms with Gasteiger partial charge in [0, 0.05) is 85.8 Å². The summed E-state index contributed by atoms with van der Waals surface area (Å²) in [4.78, 5) is 29.6. The van der Waals surface area contributed by atoms with Crippen LogP contribution < -0.4 is 26.2 Å². The quantitative estimate of drug-likeness (QED) is 0.152. The summed E-state index contributed by atoms with van der Waals surface area (Å²) in [6, 6.07) is 17.3. The zero-order valence-electron chi connectivity index (χ0n) is 27.8. The van der Waals surface area contributed by atoms with Gasteiger partial charge >= 0.3 is 0 Å². The van der Waals surface area contributed by atoms with Gasteiger partial charge in [-0.2, -0.15) is 5.10 Å². The number of ether oxygens (including phenoxy) is 2. The number of hydrogen-bond donors (Lipinski definition) is 3. The minimum Gasteiger partial charge on any atom is -0.481 e. The van der Waals surface area contributed by atoms with E-state index in [0.717, 1.165) is 39.8 Å². The lowest BCUT2D eigenvalue weighted by Gasteiger charge is -2.15. The van der Waals surface area contributed by atoms with E-state index in [-0.39, 0.29) is 23.6 Å². The van der Waals surface area contributed by atoms with E-state index in [4.69, 9.17) is 42.8 Å². The normalized spacial score (nSPS) is 15.1. The van der Waals surface area contributed by atoms with Gasteiger partial charge in [-0.15, -0.1) is 0 Å². The highest BCUT2D eigenvalue weighted by Crippen LogP contribution is 2.42. The molecule has 1 aliphatic heterocycles. The number of aromatic nitrogens is 4. The van der Waals surface area contributed by atoms with Crippen molar-refractivity contribution in [1.29, 1.82) is 0 Å². The van der Waals surface area contributed by atoms with Gasteiger partial charge in [-0.3, -0.25) is 14.2 Å². The molecule has 3 N–H and O–H groups in total. The van der Waals surface area contributed by atoms with Crippen LogP contribution in [0.1, 0.15) is 31.2 Å². The van der Waals surface area contributed by atoms with E-state index in [0.29, 0.717) is 65.6 Å². The Kier molecular flexibility index (Phi) is 10.7. The van der Waals surface area contributed by atoms with Gasteiger partial charge in [-0.05, 0) is 25.5 Å². The molecule has 5 aromatic rings. The summed E-state index contributed by atoms with van der Waals surface area (Å²) < 4.78 is 14.1. The maximum absolute atomic E-state index is 13.3. The molecule has 256 valence electrons. The van der Waals surface area contributed by atoms with Crippen LogP contribution in [0.4, 0.5) is 0 Å². The van der Waals surface area contributed by atoms with Gasteiger partial charge in [-0.25, -0.2) is 9.50 Å². The third-order valence-corrected chi connectivity index (χ3v) is 9.66. The van der Waals surface area contributed by atoms with Crippen LogP contribution in [0.5, 0.6) is 5.88 Å². The first-order chi connectivity index (χ1) is 23.7. The highest BCUT2D eigenvalue weighted by Gasteiger charge is 2.21. The number of pyridine rings is 1. The van der Waals surface area contributed by atoms with Crippen LogP contribution in [0.15, 0.2) is 65.6 Å². The predicted octanol–water partition coefficient (Wildman–Crippen LogP) is 5.24. The average molecular weight is 705 g/mol. The lowest BCUT2D eigenvalue weighted by molar-refractivity contribution is -0.119. The Bertz CT molecular complexity index is 2060. The number of methoxy groups -OCH3 is 2. The minimum atomic E-state index is -0.159. The number of halogens is 2. The molecule has 4 heterocycles. The number of amides is 1. The van der Waals surface area contributed by atoms with Crippen LogP contribution in [0.2, 0.25) is 10.0 Å². The first kappa shape index (κ1) is 34.6. The number of benzene rings is 2. The largest absolute Gasteiger partial charge is 0.481 e. The van der Waals surface area contributed by atoms with Crippen molar-refractivity contribution in [3.63, 3.8) is 0 Å². The molecule has 1 saturated heterocycles. The molecule has 0 radical (unpaired) electrons. The summed E-state index contributed by atoms with van der Waals surface area (Å²) in [5.41, 5.74) is 5.56. The van der Waals surface area contributed by atoms with E-state index in [9.17, 15) is 9.59 Å². The van der Waals surface area contributed by atoms with Gasteiger partial charge in [0.15, 0.2) is 0 Å². The van der Waals surface area contributed by atoms with Crippen molar-refractivity contribution >= 4 is 34.6 Å². The highest BCUT2D eigenvalue weighted by molar-refractivity contribution is 6.39. The van der Waals surface area contributed by atoms with Crippen LogP contribution in [-0.2, 0) is 29.7 Å². The first-order valence-electron chi connectivity index (χ1n) is 16.1. The summed E-state index contributed by atoms with van der Waals surface area (Å²) >= 11 is 14.2. The second-order valence-corrected chi connectivity index (χ2v) is 12.9. The molecule has 1 amide bonds. The molecule has 49 heavy (non-hydrogen) atoms. The molecule has 0 bridgehead atoms. The van der Waals surface area contributed by atoms with Crippen molar-refractivity contribution < 1.29 is 14.3 Å². The molecule has 0 spiro atoms. The molecule has 13 heteroatoms. The second kappa shape index (κ2) is 15.1. The summed E-state index contributed by atoms with van der Waals surface area (Å²) in [6.07, 6.45) is 3.25. The Hall–Kier alpha value is -4.26. The molecule has 3 aromatic heterocycles. The van der Waals surface area contributed by atoms with Crippen molar-refractivity contribution in [2.45, 2.75) is 45.0 Å². The van der Waals surface area contributed by atoms with E-state index >= 15 is 0 Å². The lowest BCUT2D eigenvalue weighted by Crippen LogP contribution is -2.35. The Morgan fingerprint density at radius 1 is 0.980 bits per heavy atom. The molecule has 0 saturated carbocycles. The first-order valence-corrected chi connectivity index (χ1v) is 16.9. The van der Waals surface area contributed by atoms with E-state index in [1.807, 2.05) is 61.7 Å². The van der Waals surface area contributed by atoms with E-state index in [2.05, 4.69) is 16.0 Å². The maximum Gasteiger partial charge on any atom is 0.277 e. The fourth-order valence-corrected chi connectivity index (χ4v) is 6.65. The molecule has 2 aromatic carbocycles. The van der Waals surface area contributed by atoms with Crippen molar-refractivity contribution in [2.75, 3.05) is 27.3 Å². The van der Waals surface area contributed by atoms with Crippen LogP contribution in [0, 0.1) is 0 Å². The molecular formula is C36H39Cl2N7O4. The number of hydrogen-bond acceptors (Lipinski definition) is 8. The molecule has 1 fully saturated rings. The van der Waals surface area contributed by atoms with Crippen LogP contribution in [0.25, 0.3) is 39.0 Å². The highest BCUT2D eigenvalue weighted by atomic mass is 35.5. The average Bonchev–Trinajstić information content (AvgIpc) is 3.73.